The lowest BCUT2D eigenvalue weighted by Gasteiger charge is -2.47. The van der Waals surface area contributed by atoms with Crippen molar-refractivity contribution in [2.24, 2.45) is 5.92 Å². The molecule has 35 heavy (non-hydrogen) atoms. The Hall–Kier alpha value is -2.58. The molecule has 1 amide bonds. The van der Waals surface area contributed by atoms with Gasteiger partial charge >= 0.3 is 6.18 Å². The number of amides is 1. The van der Waals surface area contributed by atoms with Crippen molar-refractivity contribution in [1.82, 2.24) is 10.2 Å². The molecule has 3 heterocycles. The Morgan fingerprint density at radius 1 is 1.09 bits per heavy atom. The molecule has 2 N–H and O–H groups in total. The Morgan fingerprint density at radius 2 is 1.83 bits per heavy atom. The summed E-state index contributed by atoms with van der Waals surface area (Å²) < 4.78 is 47.2. The molecule has 3 aliphatic rings. The van der Waals surface area contributed by atoms with Crippen LogP contribution in [-0.4, -0.2) is 42.6 Å². The van der Waals surface area contributed by atoms with Gasteiger partial charge in [0.1, 0.15) is 0 Å². The van der Waals surface area contributed by atoms with Crippen LogP contribution in [0.3, 0.4) is 0 Å². The number of rotatable bonds is 4. The summed E-state index contributed by atoms with van der Waals surface area (Å²) in [6, 6.07) is 14.2. The molecule has 0 aromatic heterocycles. The van der Waals surface area contributed by atoms with E-state index in [1.807, 2.05) is 18.2 Å². The van der Waals surface area contributed by atoms with Crippen LogP contribution in [0.2, 0.25) is 0 Å². The molecule has 2 aromatic rings. The number of piperidine rings is 1. The van der Waals surface area contributed by atoms with E-state index in [2.05, 4.69) is 27.7 Å². The summed E-state index contributed by atoms with van der Waals surface area (Å²) in [4.78, 5) is 13.7. The molecule has 0 saturated carbocycles. The van der Waals surface area contributed by atoms with Crippen LogP contribution >= 0.6 is 0 Å². The highest BCUT2D eigenvalue weighted by atomic mass is 19.4. The van der Waals surface area contributed by atoms with Crippen LogP contribution < -0.4 is 10.6 Å². The van der Waals surface area contributed by atoms with E-state index in [4.69, 9.17) is 4.74 Å². The van der Waals surface area contributed by atoms with E-state index in [1.165, 1.54) is 6.07 Å². The van der Waals surface area contributed by atoms with Crippen molar-refractivity contribution in [3.8, 4) is 0 Å². The highest BCUT2D eigenvalue weighted by molar-refractivity contribution is 5.73. The highest BCUT2D eigenvalue weighted by Crippen LogP contribution is 2.51. The van der Waals surface area contributed by atoms with Crippen molar-refractivity contribution < 1.29 is 22.7 Å². The molecular weight excluding hydrogens is 455 g/mol. The van der Waals surface area contributed by atoms with Crippen molar-refractivity contribution in [3.63, 3.8) is 0 Å². The first-order valence-corrected chi connectivity index (χ1v) is 12.5. The Kier molecular flexibility index (Phi) is 6.77. The number of benzene rings is 2. The minimum Gasteiger partial charge on any atom is -0.378 e. The predicted octanol–water partition coefficient (Wildman–Crippen LogP) is 5.31. The third kappa shape index (κ3) is 5.33. The maximum absolute atomic E-state index is 13.5. The van der Waals surface area contributed by atoms with Gasteiger partial charge in [-0.25, -0.2) is 0 Å². The van der Waals surface area contributed by atoms with Gasteiger partial charge in [0.2, 0.25) is 5.91 Å². The van der Waals surface area contributed by atoms with Crippen LogP contribution in [0.1, 0.15) is 61.4 Å². The number of alkyl halides is 3. The molecule has 0 unspecified atom stereocenters. The third-order valence-electron chi connectivity index (χ3n) is 7.59. The standard InChI is InChI=1S/C27H32F3N3O2/c1-17(34)31-20-11-13-33(14-12-20)16-21-8-9-22-25(18-5-3-2-4-6-18)32-24-10-7-19(27(28,29)30)15-23(24)26(22)35-21/h2-7,10,15,20-22,25-26,32H,8-9,11-14,16H2,1H3,(H,31,34)/t21-,22+,25+,26+/m1/s1. The first-order valence-electron chi connectivity index (χ1n) is 12.5. The van der Waals surface area contributed by atoms with E-state index >= 15 is 0 Å². The average Bonchev–Trinajstić information content (AvgIpc) is 2.84. The van der Waals surface area contributed by atoms with Gasteiger partial charge in [0.25, 0.3) is 0 Å². The van der Waals surface area contributed by atoms with E-state index in [0.717, 1.165) is 56.9 Å². The normalized spacial score (nSPS) is 27.4. The van der Waals surface area contributed by atoms with Crippen LogP contribution in [0.4, 0.5) is 18.9 Å². The zero-order chi connectivity index (χ0) is 24.6. The fourth-order valence-corrected chi connectivity index (χ4v) is 5.89. The molecule has 0 bridgehead atoms. The lowest BCUT2D eigenvalue weighted by Crippen LogP contribution is -2.48. The van der Waals surface area contributed by atoms with Crippen LogP contribution in [-0.2, 0) is 15.7 Å². The van der Waals surface area contributed by atoms with Crippen molar-refractivity contribution in [2.45, 2.75) is 63.1 Å². The molecule has 3 aliphatic heterocycles. The molecule has 2 fully saturated rings. The Bertz CT molecular complexity index is 1040. The van der Waals surface area contributed by atoms with Crippen LogP contribution in [0, 0.1) is 5.92 Å². The van der Waals surface area contributed by atoms with Gasteiger partial charge in [-0.2, -0.15) is 13.2 Å². The summed E-state index contributed by atoms with van der Waals surface area (Å²) in [5.41, 5.74) is 1.80. The van der Waals surface area contributed by atoms with Gasteiger partial charge in [-0.15, -0.1) is 0 Å². The van der Waals surface area contributed by atoms with Crippen molar-refractivity contribution in [2.75, 3.05) is 25.0 Å². The molecule has 4 atom stereocenters. The number of halogens is 3. The van der Waals surface area contributed by atoms with Gasteiger partial charge in [-0.05, 0) is 49.4 Å². The first-order chi connectivity index (χ1) is 16.8. The van der Waals surface area contributed by atoms with Crippen molar-refractivity contribution in [1.29, 1.82) is 0 Å². The van der Waals surface area contributed by atoms with Crippen LogP contribution in [0.25, 0.3) is 0 Å². The highest BCUT2D eigenvalue weighted by Gasteiger charge is 2.44. The van der Waals surface area contributed by atoms with Crippen LogP contribution in [0.15, 0.2) is 48.5 Å². The molecule has 5 nitrogen and oxygen atoms in total. The van der Waals surface area contributed by atoms with E-state index in [1.54, 1.807) is 13.0 Å². The topological polar surface area (TPSA) is 53.6 Å². The molecule has 2 aromatic carbocycles. The Labute approximate surface area is 204 Å². The molecule has 0 spiro atoms. The van der Waals surface area contributed by atoms with E-state index in [9.17, 15) is 18.0 Å². The smallest absolute Gasteiger partial charge is 0.378 e. The number of ether oxygens (including phenoxy) is 1. The minimum absolute atomic E-state index is 0.000810. The molecule has 0 aliphatic carbocycles. The summed E-state index contributed by atoms with van der Waals surface area (Å²) in [7, 11) is 0. The van der Waals surface area contributed by atoms with Gasteiger partial charge in [0.05, 0.1) is 23.8 Å². The van der Waals surface area contributed by atoms with Gasteiger partial charge < -0.3 is 20.3 Å². The van der Waals surface area contributed by atoms with E-state index in [-0.39, 0.29) is 30.0 Å². The summed E-state index contributed by atoms with van der Waals surface area (Å²) in [6.07, 6.45) is -1.29. The number of carbonyl (C=O) groups is 1. The molecule has 8 heteroatoms. The molecule has 5 rings (SSSR count). The van der Waals surface area contributed by atoms with E-state index < -0.39 is 17.8 Å². The quantitative estimate of drug-likeness (QED) is 0.614. The number of nitrogens with one attached hydrogen (secondary N) is 2. The summed E-state index contributed by atoms with van der Waals surface area (Å²) in [6.45, 7) is 4.06. The summed E-state index contributed by atoms with van der Waals surface area (Å²) >= 11 is 0. The maximum atomic E-state index is 13.5. The van der Waals surface area contributed by atoms with E-state index in [0.29, 0.717) is 11.3 Å². The number of nitrogens with zero attached hydrogens (tertiary/aromatic N) is 1. The lowest BCUT2D eigenvalue weighted by molar-refractivity contribution is -0.138. The fraction of sp³-hybridized carbons (Fsp3) is 0.519. The first kappa shape index (κ1) is 24.1. The van der Waals surface area contributed by atoms with Crippen molar-refractivity contribution in [3.05, 3.63) is 65.2 Å². The van der Waals surface area contributed by atoms with Crippen molar-refractivity contribution >= 4 is 11.6 Å². The second-order valence-corrected chi connectivity index (χ2v) is 10.0. The Balaban J connectivity index is 1.35. The minimum atomic E-state index is -4.40. The summed E-state index contributed by atoms with van der Waals surface area (Å²) in [5, 5.41) is 6.51. The SMILES string of the molecule is CC(=O)NC1CCN(C[C@H]2CC[C@@H]3[C@H](O2)c2cc(C(F)(F)F)ccc2N[C@H]3c2ccccc2)CC1. The Morgan fingerprint density at radius 3 is 2.51 bits per heavy atom. The largest absolute Gasteiger partial charge is 0.416 e. The predicted molar refractivity (Wildman–Crippen MR) is 128 cm³/mol. The molecule has 0 radical (unpaired) electrons. The number of carbonyl (C=O) groups excluding carboxylic acids is 1. The van der Waals surface area contributed by atoms with Gasteiger partial charge in [-0.1, -0.05) is 30.3 Å². The average molecular weight is 488 g/mol. The monoisotopic (exact) mass is 487 g/mol. The number of hydrogen-bond acceptors (Lipinski definition) is 4. The van der Waals surface area contributed by atoms with Gasteiger partial charge in [0, 0.05) is 49.8 Å². The number of likely N-dealkylation sites (tertiary alicyclic amines) is 1. The van der Waals surface area contributed by atoms with Gasteiger partial charge in [0.15, 0.2) is 0 Å². The number of fused-ring (bicyclic) bond motifs is 3. The molecular formula is C27H32F3N3O2. The maximum Gasteiger partial charge on any atom is 0.416 e. The number of hydrogen-bond donors (Lipinski definition) is 2. The molecule has 188 valence electrons. The third-order valence-corrected chi connectivity index (χ3v) is 7.59. The van der Waals surface area contributed by atoms with Gasteiger partial charge in [-0.3, -0.25) is 4.79 Å². The fourth-order valence-electron chi connectivity index (χ4n) is 5.89. The number of anilines is 1. The summed E-state index contributed by atoms with van der Waals surface area (Å²) in [5.74, 6) is 0.0519. The molecule has 2 saturated heterocycles. The zero-order valence-corrected chi connectivity index (χ0v) is 19.9. The second-order valence-electron chi connectivity index (χ2n) is 10.0. The lowest BCUT2D eigenvalue weighted by atomic mass is 9.76. The van der Waals surface area contributed by atoms with Crippen LogP contribution in [0.5, 0.6) is 0 Å². The zero-order valence-electron chi connectivity index (χ0n) is 19.9. The second kappa shape index (κ2) is 9.82.